The predicted octanol–water partition coefficient (Wildman–Crippen LogP) is 6.43. The summed E-state index contributed by atoms with van der Waals surface area (Å²) in [5.74, 6) is -0.246. The monoisotopic (exact) mass is 592 g/mol. The molecule has 0 atom stereocenters. The van der Waals surface area contributed by atoms with Gasteiger partial charge in [0.2, 0.25) is 0 Å². The average molecular weight is 594 g/mol. The van der Waals surface area contributed by atoms with Crippen LogP contribution in [0.15, 0.2) is 4.47 Å². The van der Waals surface area contributed by atoms with E-state index in [1.807, 2.05) is 0 Å². The number of anilines is 1. The Morgan fingerprint density at radius 2 is 1.97 bits per heavy atom. The van der Waals surface area contributed by atoms with Gasteiger partial charge in [0.1, 0.15) is 5.00 Å². The van der Waals surface area contributed by atoms with E-state index in [9.17, 15) is 18.0 Å². The molecule has 4 rings (SSSR count). The van der Waals surface area contributed by atoms with E-state index in [1.165, 1.54) is 23.1 Å². The quantitative estimate of drug-likeness (QED) is 0.219. The van der Waals surface area contributed by atoms with Gasteiger partial charge in [-0.15, -0.1) is 11.3 Å². The van der Waals surface area contributed by atoms with Gasteiger partial charge in [0.15, 0.2) is 10.8 Å². The number of carbonyl (C=O) groups excluding carboxylic acids is 1. The second-order valence-electron chi connectivity index (χ2n) is 8.89. The SMILES string of the molecule is COC(=O)c1c(NC(=S)NCCCn2nc(C(F)(F)F)c(Br)c2C2CC2)sc2c1CCCCCC2. The third-order valence-electron chi connectivity index (χ3n) is 6.28. The van der Waals surface area contributed by atoms with Gasteiger partial charge >= 0.3 is 12.1 Å². The van der Waals surface area contributed by atoms with Crippen LogP contribution >= 0.6 is 39.5 Å². The minimum Gasteiger partial charge on any atom is -0.465 e. The maximum absolute atomic E-state index is 13.3. The van der Waals surface area contributed by atoms with Crippen molar-refractivity contribution in [2.24, 2.45) is 0 Å². The van der Waals surface area contributed by atoms with E-state index in [-0.39, 0.29) is 16.4 Å². The molecule has 1 saturated carbocycles. The van der Waals surface area contributed by atoms with Crippen LogP contribution in [-0.4, -0.2) is 34.5 Å². The minimum atomic E-state index is -4.49. The smallest absolute Gasteiger partial charge is 0.436 e. The Hall–Kier alpha value is -1.66. The molecular weight excluding hydrogens is 565 g/mol. The van der Waals surface area contributed by atoms with Crippen LogP contribution in [0.3, 0.4) is 0 Å². The first-order valence-electron chi connectivity index (χ1n) is 11.8. The molecule has 0 spiro atoms. The van der Waals surface area contributed by atoms with Crippen LogP contribution < -0.4 is 10.6 Å². The predicted molar refractivity (Wildman–Crippen MR) is 137 cm³/mol. The van der Waals surface area contributed by atoms with Crippen molar-refractivity contribution in [3.8, 4) is 0 Å². The topological polar surface area (TPSA) is 68.2 Å². The summed E-state index contributed by atoms with van der Waals surface area (Å²) in [5.41, 5.74) is 1.38. The summed E-state index contributed by atoms with van der Waals surface area (Å²) in [5, 5.41) is 11.1. The van der Waals surface area contributed by atoms with Gasteiger partial charge in [-0.2, -0.15) is 18.3 Å². The Kier molecular flexibility index (Phi) is 8.42. The summed E-state index contributed by atoms with van der Waals surface area (Å²) in [6.07, 6.45) is 4.06. The fourth-order valence-corrected chi connectivity index (χ4v) is 6.84. The summed E-state index contributed by atoms with van der Waals surface area (Å²) >= 11 is 10.1. The van der Waals surface area contributed by atoms with Crippen molar-refractivity contribution in [2.75, 3.05) is 19.0 Å². The molecule has 2 aliphatic rings. The van der Waals surface area contributed by atoms with Crippen LogP contribution in [0.1, 0.15) is 83.1 Å². The van der Waals surface area contributed by atoms with Crippen molar-refractivity contribution in [3.63, 3.8) is 0 Å². The molecule has 2 aliphatic carbocycles. The van der Waals surface area contributed by atoms with E-state index in [1.54, 1.807) is 11.3 Å². The van der Waals surface area contributed by atoms with Crippen molar-refractivity contribution in [2.45, 2.75) is 76.4 Å². The maximum Gasteiger partial charge on any atom is 0.436 e. The first-order valence-corrected chi connectivity index (χ1v) is 13.8. The normalized spacial score (nSPS) is 16.3. The Labute approximate surface area is 220 Å². The number of aryl methyl sites for hydroxylation is 2. The van der Waals surface area contributed by atoms with E-state index in [0.29, 0.717) is 40.9 Å². The molecule has 2 N–H and O–H groups in total. The minimum absolute atomic E-state index is 0.0567. The van der Waals surface area contributed by atoms with Gasteiger partial charge in [-0.25, -0.2) is 4.79 Å². The number of carbonyl (C=O) groups is 1. The molecular formula is C23H28BrF3N4O2S2. The lowest BCUT2D eigenvalue weighted by Crippen LogP contribution is -2.30. The lowest BCUT2D eigenvalue weighted by Gasteiger charge is -2.12. The summed E-state index contributed by atoms with van der Waals surface area (Å²) in [6, 6.07) is 0. The highest BCUT2D eigenvalue weighted by Crippen LogP contribution is 2.47. The highest BCUT2D eigenvalue weighted by atomic mass is 79.9. The molecule has 6 nitrogen and oxygen atoms in total. The Morgan fingerprint density at radius 1 is 1.26 bits per heavy atom. The number of hydrogen-bond acceptors (Lipinski definition) is 5. The number of nitrogens with one attached hydrogen (secondary N) is 2. The number of halogens is 4. The van der Waals surface area contributed by atoms with E-state index in [4.69, 9.17) is 17.0 Å². The zero-order chi connectivity index (χ0) is 25.2. The molecule has 192 valence electrons. The third-order valence-corrected chi connectivity index (χ3v) is 8.52. The Morgan fingerprint density at radius 3 is 2.63 bits per heavy atom. The third kappa shape index (κ3) is 6.19. The van der Waals surface area contributed by atoms with E-state index >= 15 is 0 Å². The van der Waals surface area contributed by atoms with E-state index in [0.717, 1.165) is 50.5 Å². The molecule has 0 amide bonds. The Bertz CT molecular complexity index is 1100. The van der Waals surface area contributed by atoms with Crippen LogP contribution in [0.5, 0.6) is 0 Å². The van der Waals surface area contributed by atoms with Gasteiger partial charge in [0.25, 0.3) is 0 Å². The number of thiophene rings is 1. The number of fused-ring (bicyclic) bond motifs is 1. The van der Waals surface area contributed by atoms with Crippen LogP contribution in [0.25, 0.3) is 0 Å². The standard InChI is InChI=1S/C23H28BrF3N4O2S2/c1-33-21(32)16-14-7-4-2-3-5-8-15(14)35-20(16)29-22(34)28-11-6-12-31-18(13-9-10-13)17(24)19(30-31)23(25,26)27/h13H,2-12H2,1H3,(H2,28,29,34). The second kappa shape index (κ2) is 11.2. The van der Waals surface area contributed by atoms with Gasteiger partial charge in [-0.3, -0.25) is 4.68 Å². The number of esters is 1. The number of hydrogen-bond donors (Lipinski definition) is 2. The van der Waals surface area contributed by atoms with Crippen molar-refractivity contribution >= 4 is 55.6 Å². The molecule has 0 aliphatic heterocycles. The van der Waals surface area contributed by atoms with Gasteiger partial charge in [-0.1, -0.05) is 12.8 Å². The molecule has 12 heteroatoms. The summed E-state index contributed by atoms with van der Waals surface area (Å²) < 4.78 is 46.5. The number of alkyl halides is 3. The lowest BCUT2D eigenvalue weighted by molar-refractivity contribution is -0.142. The molecule has 0 radical (unpaired) electrons. The summed E-state index contributed by atoms with van der Waals surface area (Å²) in [6.45, 7) is 0.796. The molecule has 2 heterocycles. The van der Waals surface area contributed by atoms with E-state index in [2.05, 4.69) is 31.7 Å². The number of ether oxygens (including phenoxy) is 1. The number of thiocarbonyl (C=S) groups is 1. The van der Waals surface area contributed by atoms with Gasteiger partial charge in [0.05, 0.1) is 22.8 Å². The van der Waals surface area contributed by atoms with Gasteiger partial charge < -0.3 is 15.4 Å². The zero-order valence-corrected chi connectivity index (χ0v) is 22.6. The van der Waals surface area contributed by atoms with Crippen molar-refractivity contribution in [1.82, 2.24) is 15.1 Å². The number of nitrogens with zero attached hydrogens (tertiary/aromatic N) is 2. The number of rotatable bonds is 7. The number of aromatic nitrogens is 2. The highest BCUT2D eigenvalue weighted by Gasteiger charge is 2.41. The molecule has 35 heavy (non-hydrogen) atoms. The van der Waals surface area contributed by atoms with Crippen molar-refractivity contribution < 1.29 is 22.7 Å². The average Bonchev–Trinajstić information content (AvgIpc) is 3.48. The Balaban J connectivity index is 1.37. The molecule has 0 unspecified atom stereocenters. The maximum atomic E-state index is 13.3. The summed E-state index contributed by atoms with van der Waals surface area (Å²) in [7, 11) is 1.38. The van der Waals surface area contributed by atoms with Crippen LogP contribution in [0.2, 0.25) is 0 Å². The molecule has 0 saturated heterocycles. The fraction of sp³-hybridized carbons (Fsp3) is 0.609. The van der Waals surface area contributed by atoms with Crippen LogP contribution in [0, 0.1) is 0 Å². The van der Waals surface area contributed by atoms with Crippen LogP contribution in [0.4, 0.5) is 18.2 Å². The molecule has 0 aromatic carbocycles. The first-order chi connectivity index (χ1) is 16.7. The number of methoxy groups -OCH3 is 1. The van der Waals surface area contributed by atoms with Crippen molar-refractivity contribution in [1.29, 1.82) is 0 Å². The molecule has 1 fully saturated rings. The van der Waals surface area contributed by atoms with Gasteiger partial charge in [0, 0.05) is 23.9 Å². The molecule has 0 bridgehead atoms. The van der Waals surface area contributed by atoms with Crippen LogP contribution in [-0.2, 0) is 30.3 Å². The van der Waals surface area contributed by atoms with E-state index < -0.39 is 11.9 Å². The largest absolute Gasteiger partial charge is 0.465 e. The molecule has 2 aromatic heterocycles. The molecule has 2 aromatic rings. The highest BCUT2D eigenvalue weighted by molar-refractivity contribution is 9.10. The lowest BCUT2D eigenvalue weighted by atomic mass is 9.96. The van der Waals surface area contributed by atoms with Crippen molar-refractivity contribution in [3.05, 3.63) is 31.9 Å². The second-order valence-corrected chi connectivity index (χ2v) is 11.2. The fourth-order valence-electron chi connectivity index (χ4n) is 4.45. The van der Waals surface area contributed by atoms with Gasteiger partial charge in [-0.05, 0) is 78.7 Å². The first kappa shape index (κ1) is 26.4. The summed E-state index contributed by atoms with van der Waals surface area (Å²) in [4.78, 5) is 13.7. The zero-order valence-electron chi connectivity index (χ0n) is 19.4.